The van der Waals surface area contributed by atoms with Crippen LogP contribution in [0.4, 0.5) is 5.82 Å². The first kappa shape index (κ1) is 8.11. The van der Waals surface area contributed by atoms with E-state index in [0.717, 1.165) is 11.2 Å². The Morgan fingerprint density at radius 2 is 2.42 bits per heavy atom. The fourth-order valence-electron chi connectivity index (χ4n) is 0.958. The van der Waals surface area contributed by atoms with Gasteiger partial charge in [0.05, 0.1) is 6.20 Å². The molecule has 0 fully saturated rings. The summed E-state index contributed by atoms with van der Waals surface area (Å²) in [6.45, 7) is 0. The molecular formula is C6H5IN4S. The molecule has 2 aromatic rings. The van der Waals surface area contributed by atoms with Gasteiger partial charge in [-0.3, -0.25) is 3.97 Å². The minimum absolute atomic E-state index is 0.457. The molecule has 2 rings (SSSR count). The number of nitrogen functional groups attached to an aromatic ring is 1. The van der Waals surface area contributed by atoms with E-state index in [1.54, 1.807) is 15.3 Å². The molecule has 0 bridgehead atoms. The molecule has 0 amide bonds. The summed E-state index contributed by atoms with van der Waals surface area (Å²) in [5.74, 6) is 0.457. The van der Waals surface area contributed by atoms with E-state index in [0.29, 0.717) is 5.82 Å². The number of anilines is 1. The maximum absolute atomic E-state index is 5.48. The number of aromatic nitrogens is 3. The molecule has 0 saturated carbocycles. The van der Waals surface area contributed by atoms with Gasteiger partial charge in [-0.05, 0) is 6.07 Å². The summed E-state index contributed by atoms with van der Waals surface area (Å²) >= 11 is 2.19. The second kappa shape index (κ2) is 3.09. The van der Waals surface area contributed by atoms with Crippen LogP contribution in [0.3, 0.4) is 0 Å². The molecule has 0 saturated heterocycles. The van der Waals surface area contributed by atoms with Crippen LogP contribution in [0, 0.1) is 0 Å². The lowest BCUT2D eigenvalue weighted by molar-refractivity contribution is 1.24. The molecule has 0 aliphatic heterocycles. The highest BCUT2D eigenvalue weighted by Gasteiger charge is 2.02. The number of nitrogens with two attached hydrogens (primary N) is 1. The molecule has 0 radical (unpaired) electrons. The molecule has 0 spiro atoms. The number of halogens is 1. The highest BCUT2D eigenvalue weighted by Crippen LogP contribution is 2.22. The first-order valence-electron chi connectivity index (χ1n) is 3.20. The van der Waals surface area contributed by atoms with Gasteiger partial charge < -0.3 is 5.73 Å². The van der Waals surface area contributed by atoms with Crippen LogP contribution < -0.4 is 5.73 Å². The molecule has 0 unspecified atom stereocenters. The first-order chi connectivity index (χ1) is 5.81. The van der Waals surface area contributed by atoms with Crippen molar-refractivity contribution in [2.45, 2.75) is 0 Å². The third-order valence-corrected chi connectivity index (χ3v) is 3.17. The summed E-state index contributed by atoms with van der Waals surface area (Å²) in [5, 5.41) is 0. The molecule has 62 valence electrons. The molecular weight excluding hydrogens is 287 g/mol. The molecule has 0 aliphatic carbocycles. The first-order valence-corrected chi connectivity index (χ1v) is 6.51. The van der Waals surface area contributed by atoms with Crippen molar-refractivity contribution in [2.24, 2.45) is 0 Å². The Hall–Kier alpha value is -0.500. The summed E-state index contributed by atoms with van der Waals surface area (Å²) in [6.07, 6.45) is 3.48. The second-order valence-corrected chi connectivity index (χ2v) is 3.93. The Balaban J connectivity index is 2.73. The zero-order valence-electron chi connectivity index (χ0n) is 5.94. The summed E-state index contributed by atoms with van der Waals surface area (Å²) in [5.41, 5.74) is 7.17. The maximum atomic E-state index is 5.48. The Bertz CT molecular complexity index is 413. The van der Waals surface area contributed by atoms with Crippen molar-refractivity contribution in [1.29, 1.82) is 0 Å². The van der Waals surface area contributed by atoms with Crippen molar-refractivity contribution in [3.63, 3.8) is 0 Å². The maximum Gasteiger partial charge on any atom is 0.169 e. The average molecular weight is 292 g/mol. The van der Waals surface area contributed by atoms with Crippen LogP contribution in [0.25, 0.3) is 11.2 Å². The highest BCUT2D eigenvalue weighted by molar-refractivity contribution is 14.2. The van der Waals surface area contributed by atoms with Gasteiger partial charge in [0.15, 0.2) is 5.65 Å². The van der Waals surface area contributed by atoms with E-state index in [4.69, 9.17) is 5.73 Å². The monoisotopic (exact) mass is 292 g/mol. The van der Waals surface area contributed by atoms with Crippen molar-refractivity contribution >= 4 is 47.3 Å². The SMILES string of the molecule is Nc1cnc2c(ccn2SI)n1. The summed E-state index contributed by atoms with van der Waals surface area (Å²) in [4.78, 5) is 8.28. The fraction of sp³-hybridized carbons (Fsp3) is 0. The summed E-state index contributed by atoms with van der Waals surface area (Å²) in [7, 11) is 1.55. The molecule has 2 N–H and O–H groups in total. The molecule has 6 heteroatoms. The fourth-order valence-corrected chi connectivity index (χ4v) is 2.22. The van der Waals surface area contributed by atoms with Gasteiger partial charge in [0.25, 0.3) is 0 Å². The molecule has 2 aromatic heterocycles. The molecule has 0 aromatic carbocycles. The van der Waals surface area contributed by atoms with Crippen molar-refractivity contribution < 1.29 is 0 Å². The van der Waals surface area contributed by atoms with Gasteiger partial charge in [-0.2, -0.15) is 0 Å². The Morgan fingerprint density at radius 1 is 1.58 bits per heavy atom. The highest BCUT2D eigenvalue weighted by atomic mass is 127. The summed E-state index contributed by atoms with van der Waals surface area (Å²) < 4.78 is 1.93. The van der Waals surface area contributed by atoms with E-state index in [9.17, 15) is 0 Å². The van der Waals surface area contributed by atoms with Crippen molar-refractivity contribution in [1.82, 2.24) is 13.9 Å². The normalized spacial score (nSPS) is 10.8. The predicted octanol–water partition coefficient (Wildman–Crippen LogP) is 1.86. The standard InChI is InChI=1S/C6H5IN4S/c7-12-11-2-1-4-6(11)9-3-5(8)10-4/h1-3H,(H2,8,10). The van der Waals surface area contributed by atoms with E-state index < -0.39 is 0 Å². The van der Waals surface area contributed by atoms with Crippen LogP contribution in [-0.4, -0.2) is 13.9 Å². The molecule has 4 nitrogen and oxygen atoms in total. The zero-order valence-corrected chi connectivity index (χ0v) is 8.91. The van der Waals surface area contributed by atoms with Crippen LogP contribution in [0.5, 0.6) is 0 Å². The number of fused-ring (bicyclic) bond motifs is 1. The van der Waals surface area contributed by atoms with Gasteiger partial charge in [-0.25, -0.2) is 9.97 Å². The minimum Gasteiger partial charge on any atom is -0.382 e. The largest absolute Gasteiger partial charge is 0.382 e. The van der Waals surface area contributed by atoms with Gasteiger partial charge in [0.1, 0.15) is 11.3 Å². The average Bonchev–Trinajstić information content (AvgIpc) is 2.46. The van der Waals surface area contributed by atoms with Crippen LogP contribution in [0.1, 0.15) is 0 Å². The van der Waals surface area contributed by atoms with Crippen molar-refractivity contribution in [3.05, 3.63) is 18.5 Å². The van der Waals surface area contributed by atoms with Crippen LogP contribution in [0.15, 0.2) is 18.5 Å². The summed E-state index contributed by atoms with van der Waals surface area (Å²) in [6, 6.07) is 1.89. The van der Waals surface area contributed by atoms with E-state index >= 15 is 0 Å². The van der Waals surface area contributed by atoms with E-state index in [2.05, 4.69) is 31.2 Å². The molecule has 2 heterocycles. The zero-order chi connectivity index (χ0) is 8.55. The van der Waals surface area contributed by atoms with E-state index in [-0.39, 0.29) is 0 Å². The molecule has 12 heavy (non-hydrogen) atoms. The second-order valence-electron chi connectivity index (χ2n) is 2.21. The Morgan fingerprint density at radius 3 is 3.17 bits per heavy atom. The van der Waals surface area contributed by atoms with Crippen LogP contribution in [-0.2, 0) is 0 Å². The number of rotatable bonds is 1. The van der Waals surface area contributed by atoms with E-state index in [1.807, 2.05) is 16.2 Å². The topological polar surface area (TPSA) is 56.7 Å². The van der Waals surface area contributed by atoms with Gasteiger partial charge in [-0.1, -0.05) is 0 Å². The Kier molecular flexibility index (Phi) is 2.09. The van der Waals surface area contributed by atoms with Crippen molar-refractivity contribution in [2.75, 3.05) is 5.73 Å². The number of hydrogen-bond acceptors (Lipinski definition) is 4. The quantitative estimate of drug-likeness (QED) is 0.815. The van der Waals surface area contributed by atoms with Gasteiger partial charge >= 0.3 is 0 Å². The van der Waals surface area contributed by atoms with Gasteiger partial charge in [0, 0.05) is 36.5 Å². The minimum atomic E-state index is 0.457. The smallest absolute Gasteiger partial charge is 0.169 e. The van der Waals surface area contributed by atoms with Gasteiger partial charge in [0.2, 0.25) is 0 Å². The Labute approximate surface area is 85.3 Å². The lowest BCUT2D eigenvalue weighted by Gasteiger charge is -1.95. The third-order valence-electron chi connectivity index (χ3n) is 1.45. The van der Waals surface area contributed by atoms with Crippen molar-refractivity contribution in [3.8, 4) is 0 Å². The molecule has 0 aliphatic rings. The van der Waals surface area contributed by atoms with Crippen LogP contribution in [0.2, 0.25) is 0 Å². The van der Waals surface area contributed by atoms with E-state index in [1.165, 1.54) is 0 Å². The predicted molar refractivity (Wildman–Crippen MR) is 58.9 cm³/mol. The lowest BCUT2D eigenvalue weighted by atomic mass is 10.5. The number of hydrogen-bond donors (Lipinski definition) is 1. The van der Waals surface area contributed by atoms with Gasteiger partial charge in [-0.15, -0.1) is 0 Å². The molecule has 0 atom stereocenters. The lowest BCUT2D eigenvalue weighted by Crippen LogP contribution is -1.92. The number of nitrogens with zero attached hydrogens (tertiary/aromatic N) is 3. The van der Waals surface area contributed by atoms with Crippen LogP contribution >= 0.6 is 30.3 Å². The third kappa shape index (κ3) is 1.24.